The largest absolute Gasteiger partial charge is 0.312 e. The third kappa shape index (κ3) is 2.77. The summed E-state index contributed by atoms with van der Waals surface area (Å²) in [6.07, 6.45) is 0. The molecule has 1 N–H and O–H groups in total. The molecule has 0 aliphatic carbocycles. The highest BCUT2D eigenvalue weighted by Crippen LogP contribution is 2.23. The Morgan fingerprint density at radius 2 is 2.17 bits per heavy atom. The van der Waals surface area contributed by atoms with Gasteiger partial charge in [-0.2, -0.15) is 4.31 Å². The van der Waals surface area contributed by atoms with Crippen LogP contribution in [0.4, 0.5) is 0 Å². The summed E-state index contributed by atoms with van der Waals surface area (Å²) in [4.78, 5) is 0.373. The normalized spacial score (nSPS) is 22.1. The molecule has 100 valence electrons. The van der Waals surface area contributed by atoms with Crippen molar-refractivity contribution in [1.29, 1.82) is 0 Å². The number of piperazine rings is 1. The van der Waals surface area contributed by atoms with Gasteiger partial charge in [0.05, 0.1) is 4.90 Å². The van der Waals surface area contributed by atoms with Crippen LogP contribution in [0.2, 0.25) is 0 Å². The maximum Gasteiger partial charge on any atom is 0.243 e. The van der Waals surface area contributed by atoms with Crippen LogP contribution in [0.3, 0.4) is 0 Å². The fraction of sp³-hybridized carbons (Fsp3) is 0.500. The van der Waals surface area contributed by atoms with E-state index in [-0.39, 0.29) is 6.04 Å². The molecule has 1 heterocycles. The van der Waals surface area contributed by atoms with Crippen molar-refractivity contribution in [3.63, 3.8) is 0 Å². The molecule has 6 heteroatoms. The Balaban J connectivity index is 2.32. The summed E-state index contributed by atoms with van der Waals surface area (Å²) in [6, 6.07) is 5.35. The number of nitrogens with one attached hydrogen (secondary N) is 1. The van der Waals surface area contributed by atoms with Crippen molar-refractivity contribution >= 4 is 26.0 Å². The first-order chi connectivity index (χ1) is 8.41. The number of rotatable bonds is 2. The SMILES string of the molecule is Cc1cc(S(=O)(=O)N2CCN[C@@H](C)C2)ccc1Br. The average Bonchev–Trinajstić information content (AvgIpc) is 2.32. The topological polar surface area (TPSA) is 49.4 Å². The average molecular weight is 333 g/mol. The Hall–Kier alpha value is -0.430. The summed E-state index contributed by atoms with van der Waals surface area (Å²) in [5.41, 5.74) is 0.930. The summed E-state index contributed by atoms with van der Waals surface area (Å²) in [5, 5.41) is 3.24. The number of nitrogens with zero attached hydrogens (tertiary/aromatic N) is 1. The number of benzene rings is 1. The first-order valence-corrected chi connectivity index (χ1v) is 8.14. The molecule has 1 aromatic carbocycles. The van der Waals surface area contributed by atoms with Crippen molar-refractivity contribution in [2.75, 3.05) is 19.6 Å². The third-order valence-corrected chi connectivity index (χ3v) is 5.85. The van der Waals surface area contributed by atoms with Crippen LogP contribution >= 0.6 is 15.9 Å². The van der Waals surface area contributed by atoms with E-state index < -0.39 is 10.0 Å². The third-order valence-electron chi connectivity index (χ3n) is 3.10. The van der Waals surface area contributed by atoms with E-state index in [1.807, 2.05) is 13.8 Å². The summed E-state index contributed by atoms with van der Waals surface area (Å²) in [5.74, 6) is 0. The lowest BCUT2D eigenvalue weighted by Crippen LogP contribution is -2.51. The molecular weight excluding hydrogens is 316 g/mol. The Kier molecular flexibility index (Phi) is 4.11. The Labute approximate surface area is 117 Å². The fourth-order valence-corrected chi connectivity index (χ4v) is 3.90. The maximum atomic E-state index is 12.5. The van der Waals surface area contributed by atoms with Gasteiger partial charge in [-0.3, -0.25) is 0 Å². The van der Waals surface area contributed by atoms with Crippen LogP contribution in [0.15, 0.2) is 27.6 Å². The van der Waals surface area contributed by atoms with E-state index in [1.54, 1.807) is 22.5 Å². The van der Waals surface area contributed by atoms with E-state index in [0.717, 1.165) is 10.0 Å². The van der Waals surface area contributed by atoms with Crippen LogP contribution in [0.25, 0.3) is 0 Å². The zero-order chi connectivity index (χ0) is 13.3. The van der Waals surface area contributed by atoms with Gasteiger partial charge in [0.1, 0.15) is 0 Å². The molecule has 2 rings (SSSR count). The monoisotopic (exact) mass is 332 g/mol. The molecule has 0 aromatic heterocycles. The van der Waals surface area contributed by atoms with Gasteiger partial charge in [-0.25, -0.2) is 8.42 Å². The van der Waals surface area contributed by atoms with Crippen LogP contribution in [0.5, 0.6) is 0 Å². The molecule has 0 radical (unpaired) electrons. The first kappa shape index (κ1) is 14.0. The van der Waals surface area contributed by atoms with E-state index in [0.29, 0.717) is 24.5 Å². The Morgan fingerprint density at radius 1 is 1.44 bits per heavy atom. The molecule has 18 heavy (non-hydrogen) atoms. The van der Waals surface area contributed by atoms with Crippen molar-refractivity contribution in [3.05, 3.63) is 28.2 Å². The van der Waals surface area contributed by atoms with Crippen molar-refractivity contribution in [3.8, 4) is 0 Å². The summed E-state index contributed by atoms with van der Waals surface area (Å²) in [6.45, 7) is 5.65. The quantitative estimate of drug-likeness (QED) is 0.897. The molecule has 0 bridgehead atoms. The standard InChI is InChI=1S/C12H17BrN2O2S/c1-9-7-11(3-4-12(9)13)18(16,17)15-6-5-14-10(2)8-15/h3-4,7,10,14H,5-6,8H2,1-2H3/t10-/m0/s1. The van der Waals surface area contributed by atoms with Crippen molar-refractivity contribution in [2.24, 2.45) is 0 Å². The summed E-state index contributed by atoms with van der Waals surface area (Å²) in [7, 11) is -3.36. The second-order valence-electron chi connectivity index (χ2n) is 4.63. The Bertz CT molecular complexity index is 545. The molecule has 1 aromatic rings. The lowest BCUT2D eigenvalue weighted by molar-refractivity contribution is 0.310. The van der Waals surface area contributed by atoms with Gasteiger partial charge in [0.2, 0.25) is 10.0 Å². The number of hydrogen-bond donors (Lipinski definition) is 1. The van der Waals surface area contributed by atoms with Gasteiger partial charge in [0.15, 0.2) is 0 Å². The van der Waals surface area contributed by atoms with Gasteiger partial charge in [-0.05, 0) is 37.6 Å². The minimum absolute atomic E-state index is 0.199. The molecule has 0 spiro atoms. The molecule has 0 unspecified atom stereocenters. The summed E-state index contributed by atoms with van der Waals surface area (Å²) < 4.78 is 27.4. The van der Waals surface area contributed by atoms with E-state index in [4.69, 9.17) is 0 Å². The number of hydrogen-bond acceptors (Lipinski definition) is 3. The van der Waals surface area contributed by atoms with Gasteiger partial charge in [0.25, 0.3) is 0 Å². The Morgan fingerprint density at radius 3 is 2.78 bits per heavy atom. The minimum atomic E-state index is -3.36. The van der Waals surface area contributed by atoms with Gasteiger partial charge in [-0.1, -0.05) is 15.9 Å². The number of aryl methyl sites for hydroxylation is 1. The van der Waals surface area contributed by atoms with Gasteiger partial charge < -0.3 is 5.32 Å². The maximum absolute atomic E-state index is 12.5. The predicted octanol–water partition coefficient (Wildman–Crippen LogP) is 1.74. The van der Waals surface area contributed by atoms with E-state index in [1.165, 1.54) is 0 Å². The van der Waals surface area contributed by atoms with Crippen LogP contribution in [-0.4, -0.2) is 38.4 Å². The molecule has 0 amide bonds. The zero-order valence-corrected chi connectivity index (χ0v) is 12.9. The number of sulfonamides is 1. The lowest BCUT2D eigenvalue weighted by atomic mass is 10.2. The molecular formula is C12H17BrN2O2S. The minimum Gasteiger partial charge on any atom is -0.312 e. The lowest BCUT2D eigenvalue weighted by Gasteiger charge is -2.31. The van der Waals surface area contributed by atoms with E-state index >= 15 is 0 Å². The second-order valence-corrected chi connectivity index (χ2v) is 7.42. The molecule has 1 atom stereocenters. The van der Waals surface area contributed by atoms with Crippen molar-refractivity contribution in [1.82, 2.24) is 9.62 Å². The molecule has 4 nitrogen and oxygen atoms in total. The second kappa shape index (κ2) is 5.28. The van der Waals surface area contributed by atoms with Crippen molar-refractivity contribution < 1.29 is 8.42 Å². The smallest absolute Gasteiger partial charge is 0.243 e. The highest BCUT2D eigenvalue weighted by Gasteiger charge is 2.28. The first-order valence-electron chi connectivity index (χ1n) is 5.91. The predicted molar refractivity (Wildman–Crippen MR) is 75.1 cm³/mol. The van der Waals surface area contributed by atoms with Crippen LogP contribution in [0, 0.1) is 6.92 Å². The molecule has 1 fully saturated rings. The molecule has 1 saturated heterocycles. The summed E-state index contributed by atoms with van der Waals surface area (Å²) >= 11 is 3.38. The van der Waals surface area contributed by atoms with Crippen molar-refractivity contribution in [2.45, 2.75) is 24.8 Å². The van der Waals surface area contributed by atoms with Crippen LogP contribution in [0.1, 0.15) is 12.5 Å². The van der Waals surface area contributed by atoms with Crippen LogP contribution in [-0.2, 0) is 10.0 Å². The van der Waals surface area contributed by atoms with Gasteiger partial charge in [0, 0.05) is 30.1 Å². The van der Waals surface area contributed by atoms with E-state index in [9.17, 15) is 8.42 Å². The number of halogens is 1. The molecule has 1 aliphatic rings. The fourth-order valence-electron chi connectivity index (χ4n) is 2.04. The zero-order valence-electron chi connectivity index (χ0n) is 10.5. The highest BCUT2D eigenvalue weighted by atomic mass is 79.9. The highest BCUT2D eigenvalue weighted by molar-refractivity contribution is 9.10. The van der Waals surface area contributed by atoms with E-state index in [2.05, 4.69) is 21.2 Å². The molecule has 1 aliphatic heterocycles. The van der Waals surface area contributed by atoms with Gasteiger partial charge >= 0.3 is 0 Å². The molecule has 0 saturated carbocycles. The van der Waals surface area contributed by atoms with Crippen LogP contribution < -0.4 is 5.32 Å². The van der Waals surface area contributed by atoms with Gasteiger partial charge in [-0.15, -0.1) is 0 Å².